The zero-order valence-electron chi connectivity index (χ0n) is 18.4. The van der Waals surface area contributed by atoms with Gasteiger partial charge in [0, 0.05) is 31.6 Å². The number of aromatic hydroxyl groups is 1. The van der Waals surface area contributed by atoms with E-state index >= 15 is 0 Å². The molecular weight excluding hydrogens is 370 g/mol. The van der Waals surface area contributed by atoms with E-state index in [-0.39, 0.29) is 5.41 Å². The Labute approximate surface area is 180 Å². The first-order valence-corrected chi connectivity index (χ1v) is 11.3. The molecule has 2 aromatic carbocycles. The molecule has 2 N–H and O–H groups in total. The van der Waals surface area contributed by atoms with Gasteiger partial charge in [0.15, 0.2) is 0 Å². The summed E-state index contributed by atoms with van der Waals surface area (Å²) in [5, 5.41) is 21.8. The molecule has 3 heteroatoms. The number of allylic oxidation sites excluding steroid dienone is 2. The number of aliphatic hydroxyl groups is 1. The van der Waals surface area contributed by atoms with Gasteiger partial charge in [-0.1, -0.05) is 31.2 Å². The topological polar surface area (TPSA) is 43.7 Å². The monoisotopic (exact) mass is 403 g/mol. The Morgan fingerprint density at radius 1 is 1.07 bits per heavy atom. The lowest BCUT2D eigenvalue weighted by Gasteiger charge is -2.50. The first-order valence-electron chi connectivity index (χ1n) is 11.3. The van der Waals surface area contributed by atoms with Crippen molar-refractivity contribution in [3.05, 3.63) is 65.2 Å². The van der Waals surface area contributed by atoms with Gasteiger partial charge in [0.2, 0.25) is 0 Å². The average molecular weight is 404 g/mol. The van der Waals surface area contributed by atoms with Gasteiger partial charge in [0.1, 0.15) is 5.75 Å². The van der Waals surface area contributed by atoms with E-state index in [4.69, 9.17) is 0 Å². The van der Waals surface area contributed by atoms with Crippen molar-refractivity contribution in [2.45, 2.75) is 51.0 Å². The highest BCUT2D eigenvalue weighted by Gasteiger charge is 2.59. The predicted octanol–water partition coefficient (Wildman–Crippen LogP) is 5.20. The van der Waals surface area contributed by atoms with Crippen LogP contribution in [0.5, 0.6) is 5.75 Å². The fourth-order valence-corrected chi connectivity index (χ4v) is 6.61. The van der Waals surface area contributed by atoms with Crippen molar-refractivity contribution in [1.29, 1.82) is 0 Å². The van der Waals surface area contributed by atoms with Crippen LogP contribution in [0.2, 0.25) is 0 Å². The fraction of sp³-hybridized carbons (Fsp3) is 0.481. The van der Waals surface area contributed by atoms with Crippen LogP contribution in [0.3, 0.4) is 0 Å². The number of anilines is 1. The molecule has 2 unspecified atom stereocenters. The fourth-order valence-electron chi connectivity index (χ4n) is 6.61. The average Bonchev–Trinajstić information content (AvgIpc) is 2.98. The molecule has 4 atom stereocenters. The van der Waals surface area contributed by atoms with E-state index in [1.54, 1.807) is 0 Å². The summed E-state index contributed by atoms with van der Waals surface area (Å²) in [5.41, 5.74) is 5.72. The van der Waals surface area contributed by atoms with Gasteiger partial charge < -0.3 is 15.1 Å². The second-order valence-corrected chi connectivity index (χ2v) is 10.2. The Morgan fingerprint density at radius 3 is 2.57 bits per heavy atom. The maximum Gasteiger partial charge on any atom is 0.115 e. The molecule has 3 nitrogen and oxygen atoms in total. The molecule has 1 fully saturated rings. The Morgan fingerprint density at radius 2 is 1.83 bits per heavy atom. The Kier molecular flexibility index (Phi) is 4.52. The molecule has 0 bridgehead atoms. The quantitative estimate of drug-likeness (QED) is 0.740. The van der Waals surface area contributed by atoms with E-state index in [0.717, 1.165) is 38.5 Å². The minimum Gasteiger partial charge on any atom is -0.508 e. The minimum absolute atomic E-state index is 0.0875. The van der Waals surface area contributed by atoms with Gasteiger partial charge in [0.25, 0.3) is 0 Å². The van der Waals surface area contributed by atoms with Gasteiger partial charge in [-0.2, -0.15) is 0 Å². The highest BCUT2D eigenvalue weighted by Crippen LogP contribution is 2.62. The number of aryl methyl sites for hydroxylation is 1. The van der Waals surface area contributed by atoms with Crippen LogP contribution in [-0.4, -0.2) is 29.9 Å². The van der Waals surface area contributed by atoms with Crippen molar-refractivity contribution in [3.63, 3.8) is 0 Å². The number of nitrogens with zero attached hydrogens (tertiary/aromatic N) is 1. The summed E-state index contributed by atoms with van der Waals surface area (Å²) in [6.45, 7) is 2.33. The Bertz CT molecular complexity index is 992. The lowest BCUT2D eigenvalue weighted by atomic mass is 9.56. The van der Waals surface area contributed by atoms with E-state index in [2.05, 4.69) is 62.3 Å². The van der Waals surface area contributed by atoms with E-state index in [1.807, 2.05) is 12.1 Å². The number of hydrogen-bond acceptors (Lipinski definition) is 3. The van der Waals surface area contributed by atoms with E-state index in [1.165, 1.54) is 28.0 Å². The van der Waals surface area contributed by atoms with Crippen molar-refractivity contribution in [3.8, 4) is 5.75 Å². The van der Waals surface area contributed by atoms with Crippen molar-refractivity contribution in [2.75, 3.05) is 19.0 Å². The molecule has 30 heavy (non-hydrogen) atoms. The van der Waals surface area contributed by atoms with Gasteiger partial charge in [-0.25, -0.2) is 0 Å². The molecule has 0 radical (unpaired) electrons. The molecule has 2 aromatic rings. The maximum absolute atomic E-state index is 11.9. The number of hydrogen-bond donors (Lipinski definition) is 2. The normalized spacial score (nSPS) is 32.1. The summed E-state index contributed by atoms with van der Waals surface area (Å²) in [6, 6.07) is 14.5. The number of phenolic OH excluding ortho intramolecular Hbond substituents is 1. The number of fused-ring (bicyclic) bond motifs is 5. The second-order valence-electron chi connectivity index (χ2n) is 10.2. The lowest BCUT2D eigenvalue weighted by molar-refractivity contribution is -0.0756. The van der Waals surface area contributed by atoms with E-state index < -0.39 is 5.60 Å². The third-order valence-electron chi connectivity index (χ3n) is 8.46. The predicted molar refractivity (Wildman–Crippen MR) is 123 cm³/mol. The molecule has 0 heterocycles. The van der Waals surface area contributed by atoms with Crippen molar-refractivity contribution in [1.82, 2.24) is 0 Å². The molecule has 0 aliphatic heterocycles. The van der Waals surface area contributed by atoms with Crippen LogP contribution in [0.25, 0.3) is 5.57 Å². The van der Waals surface area contributed by atoms with Crippen LogP contribution < -0.4 is 4.90 Å². The summed E-state index contributed by atoms with van der Waals surface area (Å²) in [4.78, 5) is 2.11. The molecule has 3 aliphatic rings. The van der Waals surface area contributed by atoms with Crippen LogP contribution in [-0.2, 0) is 12.8 Å². The third-order valence-corrected chi connectivity index (χ3v) is 8.46. The van der Waals surface area contributed by atoms with Crippen molar-refractivity contribution in [2.24, 2.45) is 17.3 Å². The summed E-state index contributed by atoms with van der Waals surface area (Å²) in [5.74, 6) is 1.40. The molecule has 158 valence electrons. The SMILES string of the molecule is CN(C)c1ccc(C[C@]2(O)CCC3C4CCc5cc(O)ccc5C4=CC[C@@]32C)cc1. The molecule has 3 aliphatic carbocycles. The standard InChI is InChI=1S/C27H33NO2/c1-26-14-12-23-22-11-9-21(29)16-19(22)6-10-24(23)25(26)13-15-27(26,30)17-18-4-7-20(8-5-18)28(2)3/h4-5,7-9,11-12,16,24-25,29-30H,6,10,13-15,17H2,1-3H3/t24?,25?,26-,27+/m0/s1. The van der Waals surface area contributed by atoms with Crippen LogP contribution >= 0.6 is 0 Å². The molecule has 1 saturated carbocycles. The summed E-state index contributed by atoms with van der Waals surface area (Å²) in [7, 11) is 4.11. The highest BCUT2D eigenvalue weighted by molar-refractivity contribution is 5.74. The Hall–Kier alpha value is -2.26. The van der Waals surface area contributed by atoms with E-state index in [0.29, 0.717) is 17.6 Å². The van der Waals surface area contributed by atoms with E-state index in [9.17, 15) is 10.2 Å². The van der Waals surface area contributed by atoms with Crippen LogP contribution in [0.15, 0.2) is 48.5 Å². The lowest BCUT2D eigenvalue weighted by Crippen LogP contribution is -2.49. The van der Waals surface area contributed by atoms with Crippen LogP contribution in [0, 0.1) is 17.3 Å². The zero-order valence-corrected chi connectivity index (χ0v) is 18.4. The maximum atomic E-state index is 11.9. The number of rotatable bonds is 3. The molecular formula is C27H33NO2. The van der Waals surface area contributed by atoms with Crippen molar-refractivity contribution < 1.29 is 10.2 Å². The first-order chi connectivity index (χ1) is 14.3. The summed E-state index contributed by atoms with van der Waals surface area (Å²) in [6.07, 6.45) is 8.17. The van der Waals surface area contributed by atoms with Gasteiger partial charge >= 0.3 is 0 Å². The summed E-state index contributed by atoms with van der Waals surface area (Å²) >= 11 is 0. The first kappa shape index (κ1) is 19.7. The van der Waals surface area contributed by atoms with Gasteiger partial charge in [0.05, 0.1) is 5.60 Å². The molecule has 0 saturated heterocycles. The zero-order chi connectivity index (χ0) is 21.1. The van der Waals surface area contributed by atoms with Crippen LogP contribution in [0.1, 0.15) is 49.3 Å². The van der Waals surface area contributed by atoms with Gasteiger partial charge in [-0.15, -0.1) is 0 Å². The van der Waals surface area contributed by atoms with Crippen LogP contribution in [0.4, 0.5) is 5.69 Å². The Balaban J connectivity index is 1.45. The van der Waals surface area contributed by atoms with Crippen molar-refractivity contribution >= 4 is 11.3 Å². The molecule has 0 aromatic heterocycles. The molecule has 5 rings (SSSR count). The van der Waals surface area contributed by atoms with Gasteiger partial charge in [-0.3, -0.25) is 0 Å². The molecule has 0 amide bonds. The van der Waals surface area contributed by atoms with Gasteiger partial charge in [-0.05, 0) is 90.5 Å². The smallest absolute Gasteiger partial charge is 0.115 e. The number of benzene rings is 2. The highest BCUT2D eigenvalue weighted by atomic mass is 16.3. The molecule has 0 spiro atoms. The third kappa shape index (κ3) is 2.90. The minimum atomic E-state index is -0.658. The summed E-state index contributed by atoms with van der Waals surface area (Å²) < 4.78 is 0. The number of phenols is 1. The largest absolute Gasteiger partial charge is 0.508 e. The second kappa shape index (κ2) is 6.88.